The molecule has 1 N–H and O–H groups in total. The van der Waals surface area contributed by atoms with Gasteiger partial charge in [0.25, 0.3) is 0 Å². The molecule has 1 amide bonds. The van der Waals surface area contributed by atoms with Crippen molar-refractivity contribution in [3.63, 3.8) is 0 Å². The first-order valence-electron chi connectivity index (χ1n) is 9.79. The average Bonchev–Trinajstić information content (AvgIpc) is 3.20. The predicted octanol–water partition coefficient (Wildman–Crippen LogP) is 3.29. The van der Waals surface area contributed by atoms with Gasteiger partial charge in [0.2, 0.25) is 5.91 Å². The number of carbonyl (C=O) groups is 1. The third kappa shape index (κ3) is 5.54. The summed E-state index contributed by atoms with van der Waals surface area (Å²) in [4.78, 5) is 25.5. The van der Waals surface area contributed by atoms with E-state index < -0.39 is 0 Å². The fourth-order valence-electron chi connectivity index (χ4n) is 3.20. The van der Waals surface area contributed by atoms with Crippen LogP contribution in [0.4, 0.5) is 0 Å². The smallest absolute Gasteiger partial charge is 0.220 e. The van der Waals surface area contributed by atoms with Crippen LogP contribution in [0.25, 0.3) is 20.7 Å². The SMILES string of the molecule is O=C(CCSc1ncnc2sc(-c3ccccc3)cc12)NCCN1CCOCC1. The number of carbonyl (C=O) groups excluding carboxylic acids is 1. The van der Waals surface area contributed by atoms with E-state index in [1.165, 1.54) is 10.4 Å². The lowest BCUT2D eigenvalue weighted by Crippen LogP contribution is -2.41. The number of fused-ring (bicyclic) bond motifs is 1. The number of morpholine rings is 1. The number of ether oxygens (including phenoxy) is 1. The summed E-state index contributed by atoms with van der Waals surface area (Å²) < 4.78 is 5.34. The van der Waals surface area contributed by atoms with Crippen LogP contribution in [0.15, 0.2) is 47.8 Å². The Morgan fingerprint density at radius 1 is 1.21 bits per heavy atom. The minimum absolute atomic E-state index is 0.0892. The van der Waals surface area contributed by atoms with Gasteiger partial charge in [-0.2, -0.15) is 0 Å². The zero-order chi connectivity index (χ0) is 19.9. The number of aromatic nitrogens is 2. The van der Waals surface area contributed by atoms with Crippen LogP contribution in [0, 0.1) is 0 Å². The maximum Gasteiger partial charge on any atom is 0.220 e. The second kappa shape index (κ2) is 10.2. The minimum Gasteiger partial charge on any atom is -0.379 e. The van der Waals surface area contributed by atoms with Crippen LogP contribution in [0.3, 0.4) is 0 Å². The molecule has 0 atom stereocenters. The number of benzene rings is 1. The van der Waals surface area contributed by atoms with E-state index in [2.05, 4.69) is 38.4 Å². The molecule has 152 valence electrons. The van der Waals surface area contributed by atoms with Crippen LogP contribution >= 0.6 is 23.1 Å². The number of hydrogen-bond donors (Lipinski definition) is 1. The quantitative estimate of drug-likeness (QED) is 0.439. The molecule has 29 heavy (non-hydrogen) atoms. The van der Waals surface area contributed by atoms with Crippen molar-refractivity contribution >= 4 is 39.2 Å². The second-order valence-electron chi connectivity index (χ2n) is 6.78. The molecule has 0 radical (unpaired) electrons. The summed E-state index contributed by atoms with van der Waals surface area (Å²) >= 11 is 3.29. The van der Waals surface area contributed by atoms with Gasteiger partial charge < -0.3 is 10.1 Å². The van der Waals surface area contributed by atoms with Gasteiger partial charge in [-0.05, 0) is 11.6 Å². The molecule has 3 heterocycles. The highest BCUT2D eigenvalue weighted by atomic mass is 32.2. The molecule has 1 aliphatic heterocycles. The maximum absolute atomic E-state index is 12.1. The second-order valence-corrected chi connectivity index (χ2v) is 8.89. The summed E-state index contributed by atoms with van der Waals surface area (Å²) in [7, 11) is 0. The Balaban J connectivity index is 1.28. The summed E-state index contributed by atoms with van der Waals surface area (Å²) in [5, 5.41) is 5.02. The van der Waals surface area contributed by atoms with Crippen molar-refractivity contribution in [1.29, 1.82) is 0 Å². The first kappa shape index (κ1) is 20.3. The van der Waals surface area contributed by atoms with Crippen LogP contribution in [0.2, 0.25) is 0 Å². The van der Waals surface area contributed by atoms with Gasteiger partial charge in [-0.15, -0.1) is 23.1 Å². The van der Waals surface area contributed by atoms with Crippen molar-refractivity contribution in [2.24, 2.45) is 0 Å². The largest absolute Gasteiger partial charge is 0.379 e. The lowest BCUT2D eigenvalue weighted by molar-refractivity contribution is -0.120. The van der Waals surface area contributed by atoms with Gasteiger partial charge in [-0.3, -0.25) is 9.69 Å². The molecule has 1 fully saturated rings. The van der Waals surface area contributed by atoms with Crippen molar-refractivity contribution in [3.8, 4) is 10.4 Å². The van der Waals surface area contributed by atoms with Crippen LogP contribution in [0.5, 0.6) is 0 Å². The molecule has 4 rings (SSSR count). The molecule has 8 heteroatoms. The first-order chi connectivity index (χ1) is 14.3. The molecule has 0 unspecified atom stereocenters. The number of nitrogens with zero attached hydrogens (tertiary/aromatic N) is 3. The minimum atomic E-state index is 0.0892. The van der Waals surface area contributed by atoms with Crippen LogP contribution < -0.4 is 5.32 Å². The van der Waals surface area contributed by atoms with Crippen molar-refractivity contribution in [1.82, 2.24) is 20.2 Å². The lowest BCUT2D eigenvalue weighted by atomic mass is 10.2. The molecule has 1 aromatic carbocycles. The number of nitrogens with one attached hydrogen (secondary N) is 1. The Morgan fingerprint density at radius 2 is 2.03 bits per heavy atom. The first-order valence-corrected chi connectivity index (χ1v) is 11.6. The molecule has 0 saturated carbocycles. The lowest BCUT2D eigenvalue weighted by Gasteiger charge is -2.26. The highest BCUT2D eigenvalue weighted by Gasteiger charge is 2.12. The Labute approximate surface area is 178 Å². The van der Waals surface area contributed by atoms with E-state index in [0.29, 0.717) is 18.7 Å². The van der Waals surface area contributed by atoms with Crippen molar-refractivity contribution in [2.45, 2.75) is 11.4 Å². The van der Waals surface area contributed by atoms with Crippen LogP contribution in [0.1, 0.15) is 6.42 Å². The fourth-order valence-corrected chi connectivity index (χ4v) is 5.18. The zero-order valence-electron chi connectivity index (χ0n) is 16.2. The van der Waals surface area contributed by atoms with Crippen molar-refractivity contribution in [3.05, 3.63) is 42.7 Å². The van der Waals surface area contributed by atoms with Gasteiger partial charge in [-0.1, -0.05) is 30.3 Å². The summed E-state index contributed by atoms with van der Waals surface area (Å²) in [5.74, 6) is 0.790. The summed E-state index contributed by atoms with van der Waals surface area (Å²) in [5.41, 5.74) is 1.19. The summed E-state index contributed by atoms with van der Waals surface area (Å²) in [6.45, 7) is 5.03. The number of thiophene rings is 1. The predicted molar refractivity (Wildman–Crippen MR) is 118 cm³/mol. The molecule has 2 aromatic heterocycles. The molecule has 6 nitrogen and oxygen atoms in total. The van der Waals surface area contributed by atoms with Gasteiger partial charge in [0, 0.05) is 48.6 Å². The van der Waals surface area contributed by atoms with E-state index in [0.717, 1.165) is 48.1 Å². The number of thioether (sulfide) groups is 1. The highest BCUT2D eigenvalue weighted by Crippen LogP contribution is 2.36. The van der Waals surface area contributed by atoms with Gasteiger partial charge in [-0.25, -0.2) is 9.97 Å². The topological polar surface area (TPSA) is 67.4 Å². The normalized spacial score (nSPS) is 14.9. The molecule has 1 aliphatic rings. The van der Waals surface area contributed by atoms with Crippen LogP contribution in [-0.4, -0.2) is 65.9 Å². The van der Waals surface area contributed by atoms with E-state index >= 15 is 0 Å². The fraction of sp³-hybridized carbons (Fsp3) is 0.381. The Kier molecular flexibility index (Phi) is 7.10. The van der Waals surface area contributed by atoms with E-state index in [1.54, 1.807) is 29.4 Å². The molecule has 3 aromatic rings. The van der Waals surface area contributed by atoms with E-state index in [9.17, 15) is 4.79 Å². The van der Waals surface area contributed by atoms with E-state index in [-0.39, 0.29) is 5.91 Å². The van der Waals surface area contributed by atoms with Crippen molar-refractivity contribution < 1.29 is 9.53 Å². The third-order valence-corrected chi connectivity index (χ3v) is 6.87. The summed E-state index contributed by atoms with van der Waals surface area (Å²) in [6.07, 6.45) is 2.09. The monoisotopic (exact) mass is 428 g/mol. The third-order valence-electron chi connectivity index (χ3n) is 4.77. The molecule has 0 spiro atoms. The molecule has 1 saturated heterocycles. The Morgan fingerprint density at radius 3 is 2.86 bits per heavy atom. The maximum atomic E-state index is 12.1. The number of rotatable bonds is 8. The average molecular weight is 429 g/mol. The van der Waals surface area contributed by atoms with Crippen LogP contribution in [-0.2, 0) is 9.53 Å². The zero-order valence-corrected chi connectivity index (χ0v) is 17.8. The van der Waals surface area contributed by atoms with Gasteiger partial charge >= 0.3 is 0 Å². The molecule has 0 aliphatic carbocycles. The highest BCUT2D eigenvalue weighted by molar-refractivity contribution is 7.99. The summed E-state index contributed by atoms with van der Waals surface area (Å²) in [6, 6.07) is 12.5. The molecular formula is C21H24N4O2S2. The van der Waals surface area contributed by atoms with Gasteiger partial charge in [0.15, 0.2) is 0 Å². The Hall–Kier alpha value is -2.00. The number of amides is 1. The van der Waals surface area contributed by atoms with Crippen molar-refractivity contribution in [2.75, 3.05) is 45.1 Å². The van der Waals surface area contributed by atoms with Gasteiger partial charge in [0.05, 0.1) is 13.2 Å². The van der Waals surface area contributed by atoms with E-state index in [1.807, 2.05) is 18.2 Å². The molecular weight excluding hydrogens is 404 g/mol. The molecule has 0 bridgehead atoms. The van der Waals surface area contributed by atoms with Gasteiger partial charge in [0.1, 0.15) is 16.2 Å². The Bertz CT molecular complexity index is 942. The standard InChI is InChI=1S/C21H24N4O2S2/c26-19(22-7-8-25-9-11-27-12-10-25)6-13-28-20-17-14-18(16-4-2-1-3-5-16)29-21(17)24-15-23-20/h1-5,14-15H,6-13H2,(H,22,26). The van der Waals surface area contributed by atoms with E-state index in [4.69, 9.17) is 4.74 Å². The number of hydrogen-bond acceptors (Lipinski definition) is 7.